The van der Waals surface area contributed by atoms with Gasteiger partial charge in [0.05, 0.1) is 25.1 Å². The maximum Gasteiger partial charge on any atom is 0.425 e. The quantitative estimate of drug-likeness (QED) is 0.00637. The molecule has 1 saturated heterocycles. The molecule has 33 nitrogen and oxygen atoms in total. The van der Waals surface area contributed by atoms with Crippen molar-refractivity contribution in [2.24, 2.45) is 39.9 Å². The average molecular weight is 1450 g/mol. The molecule has 3 aromatic carbocycles. The molecule has 34 heteroatoms. The standard InChI is InChI=1S/C69H94N18O15S/c1-7-40(6)57(85-62(95)50(30-42-22-24-45(88)25-23-42)81-64(97)56(39(4)5)84-59(92)48(20-14-26-75-68(71)72)78-58(91)47(70)33-55(89)90)65(98)82-52(32-44-35-74-37-77-44)66(99)87-27-15-21-54(87)63(96)80-49(29-41-16-10-8-11-17-41)60(93)79-51(31-43-34-73-36-76-43)61(94)83-53(28-38(2)3)67(100)102-69(101)86-103-46-18-12-9-13-19-46/h8-13,16-19,22-25,34-40,47-54,56-57,88H,7,14-15,20-21,26-33,70H2,1-6H3,(H,73,76)(H,74,77)(H,78,91)(H,79,93)(H,80,96)(H,81,97)(H,82,98)(H,83,94)(H,84,92)(H,85,95)(H,86,101)(H,89,90)(H4,71,72,75)/t40-,47-,48-,49-,50-,51-,52-,53-,54-,56-,57-/m0/s1. The van der Waals surface area contributed by atoms with Crippen LogP contribution in [0.25, 0.3) is 0 Å². The van der Waals surface area contributed by atoms with Crippen molar-refractivity contribution in [2.75, 3.05) is 13.1 Å². The molecule has 1 fully saturated rings. The number of likely N-dealkylation sites (tertiary alicyclic amines) is 1. The number of aromatic hydroxyl groups is 1. The van der Waals surface area contributed by atoms with Gasteiger partial charge in [0.15, 0.2) is 5.96 Å². The molecule has 0 bridgehead atoms. The van der Waals surface area contributed by atoms with Gasteiger partial charge in [-0.15, -0.1) is 0 Å². The summed E-state index contributed by atoms with van der Waals surface area (Å²) in [5.74, 6) is -11.8. The fourth-order valence-corrected chi connectivity index (χ4v) is 11.7. The van der Waals surface area contributed by atoms with Crippen molar-refractivity contribution >= 4 is 89.1 Å². The van der Waals surface area contributed by atoms with Crippen LogP contribution in [0.2, 0.25) is 0 Å². The minimum Gasteiger partial charge on any atom is -0.508 e. The number of esters is 1. The number of carbonyl (C=O) groups is 12. The number of aliphatic imine (C=N–C) groups is 1. The average Bonchev–Trinajstić information content (AvgIpc) is 1.74. The monoisotopic (exact) mass is 1450 g/mol. The zero-order chi connectivity index (χ0) is 75.3. The number of nitrogens with two attached hydrogens (primary N) is 3. The number of phenols is 1. The largest absolute Gasteiger partial charge is 0.508 e. The third-order valence-electron chi connectivity index (χ3n) is 16.8. The van der Waals surface area contributed by atoms with Crippen LogP contribution in [0.1, 0.15) is 109 Å². The Morgan fingerprint density at radius 3 is 1.72 bits per heavy atom. The topological polar surface area (TPSA) is 514 Å². The van der Waals surface area contributed by atoms with Gasteiger partial charge in [0, 0.05) is 67.4 Å². The SMILES string of the molecule is CC[C@H](C)[C@H](NC(=O)[C@H](Cc1ccc(O)cc1)NC(=O)[C@@H](NC(=O)[C@H](CCCN=C(N)N)NC(=O)[C@@H](N)CC(=O)O)C(C)C)C(=O)N[C@@H](Cc1cnc[nH]1)C(=O)N1CCC[C@H]1C(=O)N[C@@H](Cc1ccccc1)C(=O)N[C@@H](Cc1cnc[nH]1)C(=O)N[C@@H](CC(C)C)C(=O)OC(=O)NSc1ccccc1. The summed E-state index contributed by atoms with van der Waals surface area (Å²) >= 11 is 0.915. The van der Waals surface area contributed by atoms with E-state index < -0.39 is 150 Å². The number of aliphatic carboxylic acids is 1. The molecule has 103 heavy (non-hydrogen) atoms. The minimum atomic E-state index is -1.54. The summed E-state index contributed by atoms with van der Waals surface area (Å²) in [4.78, 5) is 189. The lowest BCUT2D eigenvalue weighted by Gasteiger charge is -2.32. The number of aromatic nitrogens is 4. The lowest BCUT2D eigenvalue weighted by Crippen LogP contribution is -2.62. The van der Waals surface area contributed by atoms with Crippen LogP contribution >= 0.6 is 11.9 Å². The molecule has 2 aromatic heterocycles. The smallest absolute Gasteiger partial charge is 0.425 e. The molecule has 0 aliphatic carbocycles. The number of guanidine groups is 1. The Bertz CT molecular complexity index is 3680. The van der Waals surface area contributed by atoms with Gasteiger partial charge in [-0.1, -0.05) is 109 Å². The zero-order valence-electron chi connectivity index (χ0n) is 58.2. The molecular formula is C69H94N18O15S. The van der Waals surface area contributed by atoms with Crippen molar-refractivity contribution < 1.29 is 72.5 Å². The Labute approximate surface area is 599 Å². The fraction of sp³-hybridized carbons (Fsp3) is 0.464. The maximum absolute atomic E-state index is 15.2. The van der Waals surface area contributed by atoms with Crippen LogP contribution < -0.4 is 64.5 Å². The number of amides is 10. The van der Waals surface area contributed by atoms with Gasteiger partial charge in [0.1, 0.15) is 60.1 Å². The Morgan fingerprint density at radius 2 is 1.15 bits per heavy atom. The van der Waals surface area contributed by atoms with E-state index in [4.69, 9.17) is 21.9 Å². The van der Waals surface area contributed by atoms with Gasteiger partial charge in [-0.3, -0.25) is 57.7 Å². The first kappa shape index (κ1) is 81.1. The van der Waals surface area contributed by atoms with Gasteiger partial charge in [-0.25, -0.2) is 19.6 Å². The van der Waals surface area contributed by atoms with Gasteiger partial charge >= 0.3 is 18.0 Å². The molecule has 3 heterocycles. The molecule has 11 atom stereocenters. The molecule has 1 aliphatic heterocycles. The summed E-state index contributed by atoms with van der Waals surface area (Å²) in [6.45, 7) is 10.3. The van der Waals surface area contributed by atoms with Crippen molar-refractivity contribution in [3.8, 4) is 5.75 Å². The van der Waals surface area contributed by atoms with Gasteiger partial charge in [0.25, 0.3) is 0 Å². The third kappa shape index (κ3) is 26.5. The van der Waals surface area contributed by atoms with E-state index in [1.54, 1.807) is 102 Å². The number of carboxylic acids is 1. The number of nitrogens with one attached hydrogen (secondary N) is 11. The van der Waals surface area contributed by atoms with Crippen LogP contribution in [0.4, 0.5) is 4.79 Å². The minimum absolute atomic E-state index is 0.0272. The van der Waals surface area contributed by atoms with Crippen LogP contribution in [0.15, 0.2) is 120 Å². The summed E-state index contributed by atoms with van der Waals surface area (Å²) in [7, 11) is 0. The summed E-state index contributed by atoms with van der Waals surface area (Å²) < 4.78 is 7.56. The second-order valence-electron chi connectivity index (χ2n) is 25.8. The first-order chi connectivity index (χ1) is 49.1. The predicted molar refractivity (Wildman–Crippen MR) is 378 cm³/mol. The van der Waals surface area contributed by atoms with E-state index in [1.165, 1.54) is 54.2 Å². The summed E-state index contributed by atoms with van der Waals surface area (Å²) in [5, 5.41) is 41.1. The zero-order valence-corrected chi connectivity index (χ0v) is 59.0. The number of nitrogens with zero attached hydrogens (tertiary/aromatic N) is 4. The number of rotatable bonds is 39. The summed E-state index contributed by atoms with van der Waals surface area (Å²) in [5.41, 5.74) is 18.6. The molecule has 1 aliphatic rings. The highest BCUT2D eigenvalue weighted by atomic mass is 32.2. The van der Waals surface area contributed by atoms with E-state index in [1.807, 2.05) is 0 Å². The second-order valence-corrected chi connectivity index (χ2v) is 26.7. The van der Waals surface area contributed by atoms with Crippen molar-refractivity contribution in [3.63, 3.8) is 0 Å². The Kier molecular flexibility index (Phi) is 31.9. The maximum atomic E-state index is 15.2. The number of aromatic amines is 2. The van der Waals surface area contributed by atoms with E-state index in [-0.39, 0.29) is 82.1 Å². The number of benzene rings is 3. The van der Waals surface area contributed by atoms with Crippen molar-refractivity contribution in [1.82, 2.24) is 72.1 Å². The fourth-order valence-electron chi connectivity index (χ4n) is 11.2. The molecular weight excluding hydrogens is 1350 g/mol. The van der Waals surface area contributed by atoms with Crippen LogP contribution in [0.5, 0.6) is 5.75 Å². The first-order valence-corrected chi connectivity index (χ1v) is 34.7. The molecule has 0 spiro atoms. The second kappa shape index (κ2) is 40.5. The van der Waals surface area contributed by atoms with E-state index in [0.717, 1.165) is 11.9 Å². The molecule has 0 radical (unpaired) electrons. The number of phenolic OH excluding ortho intramolecular Hbond substituents is 1. The highest BCUT2D eigenvalue weighted by Gasteiger charge is 2.42. The predicted octanol–water partition coefficient (Wildman–Crippen LogP) is 0.542. The molecule has 0 unspecified atom stereocenters. The number of hydrogen-bond donors (Lipinski definition) is 16. The van der Waals surface area contributed by atoms with Crippen molar-refractivity contribution in [3.05, 3.63) is 132 Å². The molecule has 556 valence electrons. The Balaban J connectivity index is 1.22. The summed E-state index contributed by atoms with van der Waals surface area (Å²) in [6.07, 6.45) is 3.89. The Morgan fingerprint density at radius 1 is 0.631 bits per heavy atom. The van der Waals surface area contributed by atoms with Crippen molar-refractivity contribution in [2.45, 2.75) is 177 Å². The van der Waals surface area contributed by atoms with Gasteiger partial charge in [-0.05, 0) is 97.2 Å². The number of H-pyrrole nitrogens is 2. The lowest BCUT2D eigenvalue weighted by molar-refractivity contribution is -0.143. The summed E-state index contributed by atoms with van der Waals surface area (Å²) in [6, 6.07) is 9.22. The Hall–Kier alpha value is -10.9. The molecule has 5 aromatic rings. The highest BCUT2D eigenvalue weighted by molar-refractivity contribution is 7.98. The lowest BCUT2D eigenvalue weighted by atomic mass is 9.96. The van der Waals surface area contributed by atoms with Crippen LogP contribution in [0, 0.1) is 17.8 Å². The molecule has 6 rings (SSSR count). The van der Waals surface area contributed by atoms with E-state index >= 15 is 4.79 Å². The van der Waals surface area contributed by atoms with Crippen LogP contribution in [0.3, 0.4) is 0 Å². The number of hydrogen-bond acceptors (Lipinski definition) is 19. The van der Waals surface area contributed by atoms with Crippen LogP contribution in [-0.4, -0.2) is 186 Å². The number of ether oxygens (including phenoxy) is 1. The first-order valence-electron chi connectivity index (χ1n) is 33.8. The molecule has 0 saturated carbocycles. The molecule has 10 amide bonds. The highest BCUT2D eigenvalue weighted by Crippen LogP contribution is 2.23. The third-order valence-corrected chi connectivity index (χ3v) is 17.6. The van der Waals surface area contributed by atoms with E-state index in [2.05, 4.69) is 72.2 Å². The number of carboxylic acid groups (broad SMARTS) is 1. The number of carbonyl (C=O) groups excluding carboxylic acids is 11. The van der Waals surface area contributed by atoms with E-state index in [9.17, 15) is 63.0 Å². The van der Waals surface area contributed by atoms with E-state index in [0.29, 0.717) is 40.3 Å². The van der Waals surface area contributed by atoms with Crippen molar-refractivity contribution in [1.29, 1.82) is 0 Å². The number of imidazole rings is 2. The normalized spacial score (nSPS) is 15.5. The van der Waals surface area contributed by atoms with Crippen LogP contribution in [-0.2, 0) is 83.2 Å². The van der Waals surface area contributed by atoms with Gasteiger partial charge in [-0.2, -0.15) is 0 Å². The van der Waals surface area contributed by atoms with Gasteiger partial charge < -0.3 is 89.6 Å². The molecule has 19 N–H and O–H groups in total. The van der Waals surface area contributed by atoms with Gasteiger partial charge in [0.2, 0.25) is 53.2 Å².